The third-order valence-electron chi connectivity index (χ3n) is 5.39. The number of fused-ring (bicyclic) bond motifs is 2. The summed E-state index contributed by atoms with van der Waals surface area (Å²) >= 11 is 6.19. The van der Waals surface area contributed by atoms with Gasteiger partial charge in [0.25, 0.3) is 0 Å². The van der Waals surface area contributed by atoms with Gasteiger partial charge in [0.05, 0.1) is 12.1 Å². The number of aromatic amines is 1. The van der Waals surface area contributed by atoms with Gasteiger partial charge in [0.15, 0.2) is 5.43 Å². The van der Waals surface area contributed by atoms with Crippen molar-refractivity contribution in [2.75, 3.05) is 13.1 Å². The Hall–Kier alpha value is -2.70. The van der Waals surface area contributed by atoms with Gasteiger partial charge in [-0.15, -0.1) is 0 Å². The zero-order valence-electron chi connectivity index (χ0n) is 16.0. The number of carbonyl (C=O) groups excluding carboxylic acids is 1. The minimum absolute atomic E-state index is 0.00932. The predicted octanol–water partition coefficient (Wildman–Crippen LogP) is 3.30. The molecule has 2 aromatic carbocycles. The number of carbonyl (C=O) groups is 1. The number of aryl methyl sites for hydroxylation is 1. The molecule has 0 fully saturated rings. The lowest BCUT2D eigenvalue weighted by molar-refractivity contribution is -0.122. The number of amides is 1. The molecule has 0 unspecified atom stereocenters. The van der Waals surface area contributed by atoms with Crippen LogP contribution < -0.4 is 10.7 Å². The summed E-state index contributed by atoms with van der Waals surface area (Å²) in [4.78, 5) is 30.6. The average Bonchev–Trinajstić information content (AvgIpc) is 2.71. The molecule has 1 aromatic heterocycles. The first-order valence-corrected chi connectivity index (χ1v) is 9.86. The van der Waals surface area contributed by atoms with E-state index in [1.54, 1.807) is 24.3 Å². The molecule has 2 N–H and O–H groups in total. The number of pyridine rings is 1. The topological polar surface area (TPSA) is 65.2 Å². The minimum Gasteiger partial charge on any atom is -0.358 e. The highest BCUT2D eigenvalue weighted by molar-refractivity contribution is 6.32. The Labute approximate surface area is 172 Å². The van der Waals surface area contributed by atoms with Crippen LogP contribution in [0.3, 0.4) is 0 Å². The summed E-state index contributed by atoms with van der Waals surface area (Å²) in [5.41, 5.74) is 4.09. The fourth-order valence-electron chi connectivity index (χ4n) is 3.71. The standard InChI is InChI=1S/C22H21ClFN3O2/c1-13-18(23)7-6-16-21(13)26-19-8-9-27(11-17(19)22(16)29)12-20(28)25-10-14-2-4-15(24)5-3-14/h2-7H,8-12H2,1H3,(H,25,28)(H,26,29). The number of halogens is 2. The molecule has 0 saturated carbocycles. The Kier molecular flexibility index (Phi) is 5.39. The lowest BCUT2D eigenvalue weighted by Gasteiger charge is -2.28. The summed E-state index contributed by atoms with van der Waals surface area (Å²) in [6.07, 6.45) is 0.664. The van der Waals surface area contributed by atoms with Crippen LogP contribution in [0.15, 0.2) is 41.2 Å². The third kappa shape index (κ3) is 4.04. The van der Waals surface area contributed by atoms with Crippen LogP contribution in [0, 0.1) is 12.7 Å². The van der Waals surface area contributed by atoms with E-state index in [9.17, 15) is 14.0 Å². The summed E-state index contributed by atoms with van der Waals surface area (Å²) in [7, 11) is 0. The van der Waals surface area contributed by atoms with E-state index in [0.717, 1.165) is 22.3 Å². The van der Waals surface area contributed by atoms with Gasteiger partial charge in [-0.25, -0.2) is 4.39 Å². The molecule has 0 spiro atoms. The molecule has 0 aliphatic carbocycles. The number of aromatic nitrogens is 1. The maximum absolute atomic E-state index is 13.0. The van der Waals surface area contributed by atoms with E-state index in [1.807, 2.05) is 11.8 Å². The van der Waals surface area contributed by atoms with Gasteiger partial charge in [0.2, 0.25) is 5.91 Å². The first kappa shape index (κ1) is 19.6. The third-order valence-corrected chi connectivity index (χ3v) is 5.80. The molecule has 1 amide bonds. The number of hydrogen-bond donors (Lipinski definition) is 2. The maximum Gasteiger partial charge on any atom is 0.234 e. The van der Waals surface area contributed by atoms with Crippen molar-refractivity contribution in [3.63, 3.8) is 0 Å². The fraction of sp³-hybridized carbons (Fsp3) is 0.273. The number of rotatable bonds is 4. The maximum atomic E-state index is 13.0. The first-order chi connectivity index (χ1) is 13.9. The summed E-state index contributed by atoms with van der Waals surface area (Å²) in [5.74, 6) is -0.431. The molecule has 2 heterocycles. The van der Waals surface area contributed by atoms with Gasteiger partial charge < -0.3 is 10.3 Å². The Morgan fingerprint density at radius 2 is 2.00 bits per heavy atom. The molecule has 29 heavy (non-hydrogen) atoms. The molecule has 0 saturated heterocycles. The quantitative estimate of drug-likeness (QED) is 0.689. The van der Waals surface area contributed by atoms with Crippen LogP contribution in [0.4, 0.5) is 4.39 Å². The molecule has 7 heteroatoms. The van der Waals surface area contributed by atoms with Gasteiger partial charge in [-0.1, -0.05) is 23.7 Å². The second-order valence-electron chi connectivity index (χ2n) is 7.37. The van der Waals surface area contributed by atoms with Crippen LogP contribution in [-0.4, -0.2) is 28.9 Å². The summed E-state index contributed by atoms with van der Waals surface area (Å²) in [6.45, 7) is 3.55. The fourth-order valence-corrected chi connectivity index (χ4v) is 3.87. The summed E-state index contributed by atoms with van der Waals surface area (Å²) in [6, 6.07) is 9.52. The normalized spacial score (nSPS) is 14.0. The van der Waals surface area contributed by atoms with Crippen molar-refractivity contribution in [1.29, 1.82) is 0 Å². The van der Waals surface area contributed by atoms with Crippen LogP contribution in [0.1, 0.15) is 22.4 Å². The molecule has 0 radical (unpaired) electrons. The number of H-pyrrole nitrogens is 1. The zero-order chi connectivity index (χ0) is 20.5. The van der Waals surface area contributed by atoms with E-state index >= 15 is 0 Å². The van der Waals surface area contributed by atoms with Crippen molar-refractivity contribution in [1.82, 2.24) is 15.2 Å². The van der Waals surface area contributed by atoms with Crippen molar-refractivity contribution in [3.05, 3.63) is 79.8 Å². The average molecular weight is 414 g/mol. The SMILES string of the molecule is Cc1c(Cl)ccc2c(=O)c3c([nH]c12)CCN(CC(=O)NCc1ccc(F)cc1)C3. The molecule has 150 valence electrons. The van der Waals surface area contributed by atoms with Gasteiger partial charge in [-0.05, 0) is 42.3 Å². The molecular formula is C22H21ClFN3O2. The van der Waals surface area contributed by atoms with Crippen molar-refractivity contribution in [3.8, 4) is 0 Å². The van der Waals surface area contributed by atoms with Crippen LogP contribution in [0.2, 0.25) is 5.02 Å². The van der Waals surface area contributed by atoms with E-state index in [0.29, 0.717) is 42.0 Å². The molecule has 5 nitrogen and oxygen atoms in total. The minimum atomic E-state index is -0.303. The molecule has 4 rings (SSSR count). The van der Waals surface area contributed by atoms with Crippen molar-refractivity contribution < 1.29 is 9.18 Å². The van der Waals surface area contributed by atoms with Crippen LogP contribution in [0.25, 0.3) is 10.9 Å². The van der Waals surface area contributed by atoms with Crippen LogP contribution in [-0.2, 0) is 24.3 Å². The van der Waals surface area contributed by atoms with Crippen LogP contribution >= 0.6 is 11.6 Å². The first-order valence-electron chi connectivity index (χ1n) is 9.48. The monoisotopic (exact) mass is 413 g/mol. The van der Waals surface area contributed by atoms with Crippen molar-refractivity contribution >= 4 is 28.4 Å². The van der Waals surface area contributed by atoms with E-state index in [1.165, 1.54) is 12.1 Å². The Bertz CT molecular complexity index is 1140. The van der Waals surface area contributed by atoms with E-state index in [2.05, 4.69) is 10.3 Å². The highest BCUT2D eigenvalue weighted by Crippen LogP contribution is 2.25. The van der Waals surface area contributed by atoms with Gasteiger partial charge in [0, 0.05) is 47.7 Å². The molecule has 0 bridgehead atoms. The number of hydrogen-bond acceptors (Lipinski definition) is 3. The number of benzene rings is 2. The molecule has 0 atom stereocenters. The Morgan fingerprint density at radius 3 is 2.76 bits per heavy atom. The largest absolute Gasteiger partial charge is 0.358 e. The van der Waals surface area contributed by atoms with Gasteiger partial charge in [-0.2, -0.15) is 0 Å². The lowest BCUT2D eigenvalue weighted by atomic mass is 10.0. The number of nitrogens with one attached hydrogen (secondary N) is 2. The van der Waals surface area contributed by atoms with Crippen molar-refractivity contribution in [2.24, 2.45) is 0 Å². The highest BCUT2D eigenvalue weighted by Gasteiger charge is 2.23. The highest BCUT2D eigenvalue weighted by atomic mass is 35.5. The molecule has 1 aliphatic rings. The Morgan fingerprint density at radius 1 is 1.24 bits per heavy atom. The van der Waals surface area contributed by atoms with Gasteiger partial charge >= 0.3 is 0 Å². The molecule has 1 aliphatic heterocycles. The van der Waals surface area contributed by atoms with Crippen molar-refractivity contribution in [2.45, 2.75) is 26.4 Å². The van der Waals surface area contributed by atoms with E-state index in [4.69, 9.17) is 11.6 Å². The molecule has 3 aromatic rings. The second-order valence-corrected chi connectivity index (χ2v) is 7.78. The summed E-state index contributed by atoms with van der Waals surface area (Å²) < 4.78 is 13.0. The van der Waals surface area contributed by atoms with E-state index in [-0.39, 0.29) is 23.7 Å². The smallest absolute Gasteiger partial charge is 0.234 e. The predicted molar refractivity (Wildman–Crippen MR) is 112 cm³/mol. The number of nitrogens with zero attached hydrogens (tertiary/aromatic N) is 1. The summed E-state index contributed by atoms with van der Waals surface area (Å²) in [5, 5.41) is 4.09. The van der Waals surface area contributed by atoms with Crippen LogP contribution in [0.5, 0.6) is 0 Å². The second kappa shape index (κ2) is 7.97. The Balaban J connectivity index is 1.46. The molecular weight excluding hydrogens is 393 g/mol. The van der Waals surface area contributed by atoms with Gasteiger partial charge in [-0.3, -0.25) is 14.5 Å². The van der Waals surface area contributed by atoms with E-state index < -0.39 is 0 Å². The van der Waals surface area contributed by atoms with Gasteiger partial charge in [0.1, 0.15) is 5.82 Å². The lowest BCUT2D eigenvalue weighted by Crippen LogP contribution is -2.41. The zero-order valence-corrected chi connectivity index (χ0v) is 16.8.